The standard InChI is InChI=1S/C18H23N3O3S/c1-11-16(25-10-20-11)3-4-17(23)21-18(12-5-14(22)6-12)13-7-15(24-2)9-19-8-13/h7-10,12,14,18,22H,3-6H2,1-2H3,(H,21,23)/t12?,14?,18-/m0/s1. The summed E-state index contributed by atoms with van der Waals surface area (Å²) >= 11 is 1.58. The number of carbonyl (C=O) groups excluding carboxylic acids is 1. The number of rotatable bonds is 7. The number of aryl methyl sites for hydroxylation is 2. The lowest BCUT2D eigenvalue weighted by atomic mass is 9.75. The lowest BCUT2D eigenvalue weighted by Crippen LogP contribution is -2.41. The molecule has 2 aromatic heterocycles. The summed E-state index contributed by atoms with van der Waals surface area (Å²) in [5, 5.41) is 12.8. The molecule has 0 aromatic carbocycles. The van der Waals surface area contributed by atoms with Crippen LogP contribution in [-0.2, 0) is 11.2 Å². The Morgan fingerprint density at radius 2 is 2.28 bits per heavy atom. The quantitative estimate of drug-likeness (QED) is 0.791. The summed E-state index contributed by atoms with van der Waals surface area (Å²) in [4.78, 5) is 22.0. The van der Waals surface area contributed by atoms with Crippen molar-refractivity contribution in [2.24, 2.45) is 5.92 Å². The highest BCUT2D eigenvalue weighted by atomic mass is 32.1. The number of methoxy groups -OCH3 is 1. The van der Waals surface area contributed by atoms with E-state index in [1.54, 1.807) is 30.8 Å². The highest BCUT2D eigenvalue weighted by Crippen LogP contribution is 2.38. The van der Waals surface area contributed by atoms with Crippen LogP contribution in [0.15, 0.2) is 24.0 Å². The van der Waals surface area contributed by atoms with Crippen molar-refractivity contribution >= 4 is 17.2 Å². The van der Waals surface area contributed by atoms with Gasteiger partial charge in [0.2, 0.25) is 5.91 Å². The van der Waals surface area contributed by atoms with Gasteiger partial charge < -0.3 is 15.2 Å². The Labute approximate surface area is 151 Å². The number of nitrogens with one attached hydrogen (secondary N) is 1. The van der Waals surface area contributed by atoms with E-state index in [1.807, 2.05) is 18.5 Å². The maximum atomic E-state index is 12.5. The van der Waals surface area contributed by atoms with Gasteiger partial charge in [-0.1, -0.05) is 0 Å². The van der Waals surface area contributed by atoms with Crippen LogP contribution in [0, 0.1) is 12.8 Å². The van der Waals surface area contributed by atoms with Crippen LogP contribution in [0.3, 0.4) is 0 Å². The molecule has 2 aromatic rings. The number of aliphatic hydroxyl groups is 1. The molecule has 6 nitrogen and oxygen atoms in total. The van der Waals surface area contributed by atoms with Crippen LogP contribution >= 0.6 is 11.3 Å². The molecular weight excluding hydrogens is 338 g/mol. The Morgan fingerprint density at radius 1 is 1.48 bits per heavy atom. The molecule has 1 saturated carbocycles. The van der Waals surface area contributed by atoms with Crippen LogP contribution < -0.4 is 10.1 Å². The maximum absolute atomic E-state index is 12.5. The first-order valence-corrected chi connectivity index (χ1v) is 9.30. The molecule has 1 amide bonds. The van der Waals surface area contributed by atoms with Gasteiger partial charge in [0.15, 0.2) is 0 Å². The van der Waals surface area contributed by atoms with Crippen LogP contribution in [-0.4, -0.2) is 34.2 Å². The molecule has 1 atom stereocenters. The lowest BCUT2D eigenvalue weighted by Gasteiger charge is -2.38. The van der Waals surface area contributed by atoms with Crippen LogP contribution in [0.25, 0.3) is 0 Å². The number of hydrogen-bond donors (Lipinski definition) is 2. The molecule has 0 unspecified atom stereocenters. The van der Waals surface area contributed by atoms with Crippen molar-refractivity contribution in [3.05, 3.63) is 40.1 Å². The fourth-order valence-electron chi connectivity index (χ4n) is 3.13. The third-order valence-electron chi connectivity index (χ3n) is 4.69. The number of thiazole rings is 1. The zero-order chi connectivity index (χ0) is 17.8. The normalized spacial score (nSPS) is 20.6. The Hall–Kier alpha value is -1.99. The van der Waals surface area contributed by atoms with Crippen molar-refractivity contribution in [1.82, 2.24) is 15.3 Å². The van der Waals surface area contributed by atoms with Crippen molar-refractivity contribution in [1.29, 1.82) is 0 Å². The molecule has 0 radical (unpaired) electrons. The molecule has 0 aliphatic heterocycles. The number of hydrogen-bond acceptors (Lipinski definition) is 6. The van der Waals surface area contributed by atoms with E-state index in [9.17, 15) is 9.90 Å². The Balaban J connectivity index is 1.67. The average molecular weight is 361 g/mol. The molecule has 0 spiro atoms. The number of aromatic nitrogens is 2. The molecule has 0 saturated heterocycles. The third-order valence-corrected chi connectivity index (χ3v) is 5.69. The second-order valence-electron chi connectivity index (χ2n) is 6.45. The average Bonchev–Trinajstić information content (AvgIpc) is 3.00. The van der Waals surface area contributed by atoms with Gasteiger partial charge in [0.05, 0.1) is 36.7 Å². The lowest BCUT2D eigenvalue weighted by molar-refractivity contribution is -0.123. The first kappa shape index (κ1) is 17.8. The SMILES string of the molecule is COc1cncc([C@@H](NC(=O)CCc2scnc2C)C2CC(O)C2)c1. The monoisotopic (exact) mass is 361 g/mol. The molecule has 1 aliphatic rings. The van der Waals surface area contributed by atoms with Gasteiger partial charge in [-0.3, -0.25) is 9.78 Å². The van der Waals surface area contributed by atoms with Gasteiger partial charge in [0, 0.05) is 17.5 Å². The highest BCUT2D eigenvalue weighted by Gasteiger charge is 2.36. The smallest absolute Gasteiger partial charge is 0.220 e. The maximum Gasteiger partial charge on any atom is 0.220 e. The predicted octanol–water partition coefficient (Wildman–Crippen LogP) is 2.42. The Bertz CT molecular complexity index is 728. The van der Waals surface area contributed by atoms with E-state index >= 15 is 0 Å². The number of amides is 1. The van der Waals surface area contributed by atoms with Crippen LogP contribution in [0.5, 0.6) is 5.75 Å². The molecule has 134 valence electrons. The van der Waals surface area contributed by atoms with Gasteiger partial charge in [-0.2, -0.15) is 0 Å². The summed E-state index contributed by atoms with van der Waals surface area (Å²) < 4.78 is 5.24. The van der Waals surface area contributed by atoms with Gasteiger partial charge in [-0.25, -0.2) is 4.98 Å². The van der Waals surface area contributed by atoms with E-state index in [-0.39, 0.29) is 24.0 Å². The van der Waals surface area contributed by atoms with Gasteiger partial charge in [0.1, 0.15) is 5.75 Å². The van der Waals surface area contributed by atoms with E-state index in [0.717, 1.165) is 16.1 Å². The number of aliphatic hydroxyl groups excluding tert-OH is 1. The molecular formula is C18H23N3O3S. The second kappa shape index (κ2) is 7.93. The summed E-state index contributed by atoms with van der Waals surface area (Å²) in [7, 11) is 1.60. The van der Waals surface area contributed by atoms with Crippen molar-refractivity contribution in [3.8, 4) is 5.75 Å². The van der Waals surface area contributed by atoms with Gasteiger partial charge >= 0.3 is 0 Å². The minimum atomic E-state index is -0.275. The van der Waals surface area contributed by atoms with E-state index in [2.05, 4.69) is 15.3 Å². The first-order chi connectivity index (χ1) is 12.1. The molecule has 0 bridgehead atoms. The third kappa shape index (κ3) is 4.35. The largest absolute Gasteiger partial charge is 0.495 e. The van der Waals surface area contributed by atoms with E-state index in [4.69, 9.17) is 4.74 Å². The number of carbonyl (C=O) groups is 1. The summed E-state index contributed by atoms with van der Waals surface area (Å²) in [5.41, 5.74) is 3.72. The number of ether oxygens (including phenoxy) is 1. The van der Waals surface area contributed by atoms with E-state index < -0.39 is 0 Å². The van der Waals surface area contributed by atoms with Crippen molar-refractivity contribution < 1.29 is 14.6 Å². The van der Waals surface area contributed by atoms with Gasteiger partial charge in [-0.15, -0.1) is 11.3 Å². The summed E-state index contributed by atoms with van der Waals surface area (Å²) in [6.07, 6.45) is 5.62. The van der Waals surface area contributed by atoms with Crippen LogP contribution in [0.2, 0.25) is 0 Å². The fraction of sp³-hybridized carbons (Fsp3) is 0.500. The Kier molecular flexibility index (Phi) is 5.65. The minimum absolute atomic E-state index is 0.00186. The zero-order valence-electron chi connectivity index (χ0n) is 14.4. The van der Waals surface area contributed by atoms with Crippen LogP contribution in [0.1, 0.15) is 41.4 Å². The molecule has 3 rings (SSSR count). The Morgan fingerprint density at radius 3 is 2.92 bits per heavy atom. The summed E-state index contributed by atoms with van der Waals surface area (Å²) in [6.45, 7) is 1.96. The number of pyridine rings is 1. The van der Waals surface area contributed by atoms with Crippen molar-refractivity contribution in [3.63, 3.8) is 0 Å². The molecule has 2 N–H and O–H groups in total. The molecule has 7 heteroatoms. The fourth-order valence-corrected chi connectivity index (χ4v) is 3.91. The van der Waals surface area contributed by atoms with E-state index in [1.165, 1.54) is 0 Å². The zero-order valence-corrected chi connectivity index (χ0v) is 15.3. The van der Waals surface area contributed by atoms with Crippen molar-refractivity contribution in [2.45, 2.75) is 44.8 Å². The number of nitrogens with zero attached hydrogens (tertiary/aromatic N) is 2. The van der Waals surface area contributed by atoms with Gasteiger partial charge in [-0.05, 0) is 43.7 Å². The molecule has 1 fully saturated rings. The topological polar surface area (TPSA) is 84.3 Å². The summed E-state index contributed by atoms with van der Waals surface area (Å²) in [6, 6.07) is 1.75. The predicted molar refractivity (Wildman–Crippen MR) is 95.6 cm³/mol. The van der Waals surface area contributed by atoms with Crippen molar-refractivity contribution in [2.75, 3.05) is 7.11 Å². The van der Waals surface area contributed by atoms with E-state index in [0.29, 0.717) is 31.4 Å². The summed E-state index contributed by atoms with van der Waals surface area (Å²) in [5.74, 6) is 0.886. The second-order valence-corrected chi connectivity index (χ2v) is 7.39. The molecule has 2 heterocycles. The van der Waals surface area contributed by atoms with Gasteiger partial charge in [0.25, 0.3) is 0 Å². The highest BCUT2D eigenvalue weighted by molar-refractivity contribution is 7.09. The molecule has 25 heavy (non-hydrogen) atoms. The van der Waals surface area contributed by atoms with Crippen LogP contribution in [0.4, 0.5) is 0 Å². The minimum Gasteiger partial charge on any atom is -0.495 e. The molecule has 1 aliphatic carbocycles. The first-order valence-electron chi connectivity index (χ1n) is 8.42.